The first-order valence-electron chi connectivity index (χ1n) is 5.31. The first-order chi connectivity index (χ1) is 7.30. The van der Waals surface area contributed by atoms with Crippen LogP contribution in [0, 0.1) is 5.92 Å². The van der Waals surface area contributed by atoms with Gasteiger partial charge in [0.2, 0.25) is 5.91 Å². The quantitative estimate of drug-likeness (QED) is 0.786. The smallest absolute Gasteiger partial charge is 0.220 e. The first-order valence-corrected chi connectivity index (χ1v) is 5.31. The summed E-state index contributed by atoms with van der Waals surface area (Å²) >= 11 is 0. The number of benzene rings is 1. The van der Waals surface area contributed by atoms with Crippen LogP contribution >= 0.6 is 12.4 Å². The van der Waals surface area contributed by atoms with Gasteiger partial charge in [-0.1, -0.05) is 36.4 Å². The minimum Gasteiger partial charge on any atom is -0.369 e. The van der Waals surface area contributed by atoms with Crippen LogP contribution in [0.15, 0.2) is 36.4 Å². The lowest BCUT2D eigenvalue weighted by Gasteiger charge is -2.18. The number of primary amides is 1. The molecule has 4 heteroatoms. The van der Waals surface area contributed by atoms with E-state index >= 15 is 0 Å². The van der Waals surface area contributed by atoms with E-state index in [1.807, 2.05) is 36.4 Å². The van der Waals surface area contributed by atoms with Gasteiger partial charge in [-0.05, 0) is 25.9 Å². The van der Waals surface area contributed by atoms with Crippen molar-refractivity contribution >= 4 is 18.3 Å². The number of hydrogen-bond donors (Lipinski definition) is 2. The Kier molecular flexibility index (Phi) is 8.58. The molecule has 1 fully saturated rings. The second-order valence-electron chi connectivity index (χ2n) is 3.58. The molecule has 0 spiro atoms. The maximum atomic E-state index is 10.5. The van der Waals surface area contributed by atoms with Crippen molar-refractivity contribution in [2.75, 3.05) is 13.1 Å². The summed E-state index contributed by atoms with van der Waals surface area (Å²) < 4.78 is 0. The number of carbonyl (C=O) groups excluding carboxylic acids is 1. The lowest BCUT2D eigenvalue weighted by Crippen LogP contribution is -2.34. The second-order valence-corrected chi connectivity index (χ2v) is 3.58. The number of nitrogens with one attached hydrogen (secondary N) is 1. The number of rotatable bonds is 1. The lowest BCUT2D eigenvalue weighted by molar-refractivity contribution is -0.122. The summed E-state index contributed by atoms with van der Waals surface area (Å²) in [5.74, 6) is -0.0113. The van der Waals surface area contributed by atoms with Crippen molar-refractivity contribution in [3.8, 4) is 0 Å². The second kappa shape index (κ2) is 9.19. The zero-order valence-electron chi connectivity index (χ0n) is 9.26. The van der Waals surface area contributed by atoms with E-state index in [4.69, 9.17) is 5.73 Å². The Morgan fingerprint density at radius 1 is 1.00 bits per heavy atom. The van der Waals surface area contributed by atoms with Crippen LogP contribution in [0.1, 0.15) is 12.8 Å². The van der Waals surface area contributed by atoms with E-state index in [0.717, 1.165) is 25.9 Å². The number of nitrogens with two attached hydrogens (primary N) is 1. The predicted octanol–water partition coefficient (Wildman–Crippen LogP) is 1.58. The van der Waals surface area contributed by atoms with Crippen molar-refractivity contribution in [2.24, 2.45) is 11.7 Å². The molecule has 0 atom stereocenters. The number of amides is 1. The van der Waals surface area contributed by atoms with Gasteiger partial charge in [0.25, 0.3) is 0 Å². The fourth-order valence-corrected chi connectivity index (χ4v) is 1.49. The van der Waals surface area contributed by atoms with Gasteiger partial charge in [0.15, 0.2) is 0 Å². The highest BCUT2D eigenvalue weighted by atomic mass is 35.5. The molecule has 0 aliphatic carbocycles. The Labute approximate surface area is 103 Å². The topological polar surface area (TPSA) is 55.1 Å². The molecular weight excluding hydrogens is 224 g/mol. The molecule has 3 nitrogen and oxygen atoms in total. The van der Waals surface area contributed by atoms with Gasteiger partial charge in [-0.2, -0.15) is 0 Å². The zero-order chi connectivity index (χ0) is 10.9. The molecule has 0 aromatic heterocycles. The van der Waals surface area contributed by atoms with Crippen LogP contribution in [0.25, 0.3) is 0 Å². The molecular formula is C12H19ClN2O. The molecule has 90 valence electrons. The summed E-state index contributed by atoms with van der Waals surface area (Å²) in [5, 5.41) is 3.16. The van der Waals surface area contributed by atoms with Crippen LogP contribution in [0.3, 0.4) is 0 Å². The zero-order valence-corrected chi connectivity index (χ0v) is 10.1. The summed E-state index contributed by atoms with van der Waals surface area (Å²) in [4.78, 5) is 10.5. The number of halogens is 1. The molecule has 1 aromatic rings. The minimum atomic E-state index is -0.142. The Morgan fingerprint density at radius 3 is 1.62 bits per heavy atom. The monoisotopic (exact) mass is 242 g/mol. The first kappa shape index (κ1) is 14.9. The van der Waals surface area contributed by atoms with Gasteiger partial charge in [-0.25, -0.2) is 0 Å². The molecule has 1 aliphatic heterocycles. The van der Waals surface area contributed by atoms with Crippen LogP contribution in [-0.2, 0) is 4.79 Å². The maximum Gasteiger partial charge on any atom is 0.220 e. The molecule has 0 saturated carbocycles. The molecule has 2 rings (SSSR count). The molecule has 1 heterocycles. The van der Waals surface area contributed by atoms with E-state index in [0.29, 0.717) is 0 Å². The SMILES string of the molecule is Cl.NC(=O)C1CCNCC1.c1ccccc1. The van der Waals surface area contributed by atoms with Gasteiger partial charge in [0, 0.05) is 5.92 Å². The van der Waals surface area contributed by atoms with Gasteiger partial charge in [0.05, 0.1) is 0 Å². The van der Waals surface area contributed by atoms with Crippen molar-refractivity contribution in [3.63, 3.8) is 0 Å². The Morgan fingerprint density at radius 2 is 1.38 bits per heavy atom. The van der Waals surface area contributed by atoms with Crippen LogP contribution in [0.2, 0.25) is 0 Å². The average Bonchev–Trinajstić information content (AvgIpc) is 2.33. The number of piperidine rings is 1. The molecule has 0 radical (unpaired) electrons. The summed E-state index contributed by atoms with van der Waals surface area (Å²) in [6, 6.07) is 12.0. The fourth-order valence-electron chi connectivity index (χ4n) is 1.49. The maximum absolute atomic E-state index is 10.5. The predicted molar refractivity (Wildman–Crippen MR) is 68.5 cm³/mol. The van der Waals surface area contributed by atoms with Crippen molar-refractivity contribution in [1.29, 1.82) is 0 Å². The van der Waals surface area contributed by atoms with E-state index in [2.05, 4.69) is 5.32 Å². The van der Waals surface area contributed by atoms with E-state index in [9.17, 15) is 4.79 Å². The summed E-state index contributed by atoms with van der Waals surface area (Å²) in [7, 11) is 0. The fraction of sp³-hybridized carbons (Fsp3) is 0.417. The van der Waals surface area contributed by atoms with E-state index in [1.165, 1.54) is 0 Å². The van der Waals surface area contributed by atoms with Gasteiger partial charge >= 0.3 is 0 Å². The highest BCUT2D eigenvalue weighted by Gasteiger charge is 2.17. The third-order valence-electron chi connectivity index (χ3n) is 2.41. The van der Waals surface area contributed by atoms with Gasteiger partial charge in [-0.15, -0.1) is 12.4 Å². The average molecular weight is 243 g/mol. The molecule has 1 saturated heterocycles. The molecule has 16 heavy (non-hydrogen) atoms. The minimum absolute atomic E-state index is 0. The molecule has 1 amide bonds. The van der Waals surface area contributed by atoms with E-state index < -0.39 is 0 Å². The number of hydrogen-bond acceptors (Lipinski definition) is 2. The van der Waals surface area contributed by atoms with Gasteiger partial charge in [0.1, 0.15) is 0 Å². The van der Waals surface area contributed by atoms with Crippen LogP contribution < -0.4 is 11.1 Å². The highest BCUT2D eigenvalue weighted by Crippen LogP contribution is 2.09. The summed E-state index contributed by atoms with van der Waals surface area (Å²) in [5.41, 5.74) is 5.10. The highest BCUT2D eigenvalue weighted by molar-refractivity contribution is 5.85. The van der Waals surface area contributed by atoms with Crippen LogP contribution in [-0.4, -0.2) is 19.0 Å². The van der Waals surface area contributed by atoms with E-state index in [-0.39, 0.29) is 24.2 Å². The number of carbonyl (C=O) groups is 1. The van der Waals surface area contributed by atoms with Crippen molar-refractivity contribution in [2.45, 2.75) is 12.8 Å². The molecule has 0 bridgehead atoms. The molecule has 1 aromatic carbocycles. The lowest BCUT2D eigenvalue weighted by atomic mass is 9.98. The molecule has 3 N–H and O–H groups in total. The van der Waals surface area contributed by atoms with Crippen molar-refractivity contribution in [1.82, 2.24) is 5.32 Å². The van der Waals surface area contributed by atoms with Gasteiger partial charge < -0.3 is 11.1 Å². The van der Waals surface area contributed by atoms with E-state index in [1.54, 1.807) is 0 Å². The summed E-state index contributed by atoms with van der Waals surface area (Å²) in [6.45, 7) is 1.88. The largest absolute Gasteiger partial charge is 0.369 e. The van der Waals surface area contributed by atoms with Crippen molar-refractivity contribution < 1.29 is 4.79 Å². The van der Waals surface area contributed by atoms with Crippen molar-refractivity contribution in [3.05, 3.63) is 36.4 Å². The molecule has 0 unspecified atom stereocenters. The summed E-state index contributed by atoms with van der Waals surface area (Å²) in [6.07, 6.45) is 1.82. The third kappa shape index (κ3) is 6.43. The third-order valence-corrected chi connectivity index (χ3v) is 2.41. The Hall–Kier alpha value is -1.06. The standard InChI is InChI=1S/C6H12N2O.C6H6.ClH/c7-6(9)5-1-3-8-4-2-5;1-2-4-6-5-3-1;/h5,8H,1-4H2,(H2,7,9);1-6H;1H. The Balaban J connectivity index is 0.000000283. The Bertz CT molecular complexity index is 247. The van der Waals surface area contributed by atoms with Crippen LogP contribution in [0.4, 0.5) is 0 Å². The molecule has 1 aliphatic rings. The van der Waals surface area contributed by atoms with Crippen LogP contribution in [0.5, 0.6) is 0 Å². The van der Waals surface area contributed by atoms with Gasteiger partial charge in [-0.3, -0.25) is 4.79 Å². The normalized spacial score (nSPS) is 15.2.